The first kappa shape index (κ1) is 13.1. The van der Waals surface area contributed by atoms with E-state index in [1.54, 1.807) is 25.4 Å². The zero-order valence-electron chi connectivity index (χ0n) is 11.3. The van der Waals surface area contributed by atoms with Gasteiger partial charge in [-0.1, -0.05) is 6.07 Å². The number of ketones is 1. The number of aromatic nitrogens is 1. The van der Waals surface area contributed by atoms with E-state index in [-0.39, 0.29) is 5.78 Å². The number of rotatable bonds is 4. The van der Waals surface area contributed by atoms with Crippen LogP contribution in [0.2, 0.25) is 0 Å². The summed E-state index contributed by atoms with van der Waals surface area (Å²) in [6, 6.07) is 7.19. The average Bonchev–Trinajstić information content (AvgIpc) is 2.82. The third-order valence-electron chi connectivity index (χ3n) is 2.68. The molecule has 2 heterocycles. The molecule has 0 radical (unpaired) electrons. The quantitative estimate of drug-likeness (QED) is 0.623. The Morgan fingerprint density at radius 3 is 2.63 bits per heavy atom. The number of nitrogens with zero attached hydrogens (tertiary/aromatic N) is 2. The van der Waals surface area contributed by atoms with Crippen LogP contribution < -0.4 is 0 Å². The van der Waals surface area contributed by atoms with Crippen LogP contribution in [0.1, 0.15) is 21.8 Å². The minimum Gasteiger partial charge on any atom is -0.469 e. The van der Waals surface area contributed by atoms with Crippen molar-refractivity contribution < 1.29 is 9.21 Å². The van der Waals surface area contributed by atoms with Crippen molar-refractivity contribution in [2.24, 2.45) is 0 Å². The molecule has 0 spiro atoms. The van der Waals surface area contributed by atoms with E-state index < -0.39 is 0 Å². The van der Waals surface area contributed by atoms with Crippen LogP contribution in [-0.2, 0) is 0 Å². The molecule has 0 aromatic carbocycles. The fourth-order valence-electron chi connectivity index (χ4n) is 1.79. The van der Waals surface area contributed by atoms with E-state index in [4.69, 9.17) is 4.42 Å². The summed E-state index contributed by atoms with van der Waals surface area (Å²) in [6.07, 6.45) is 4.97. The molecule has 0 aliphatic carbocycles. The lowest BCUT2D eigenvalue weighted by Crippen LogP contribution is -2.10. The van der Waals surface area contributed by atoms with Crippen molar-refractivity contribution in [2.75, 3.05) is 14.1 Å². The van der Waals surface area contributed by atoms with Crippen molar-refractivity contribution in [3.05, 3.63) is 59.9 Å². The van der Waals surface area contributed by atoms with Crippen molar-refractivity contribution >= 4 is 11.4 Å². The van der Waals surface area contributed by atoms with Crippen LogP contribution in [0.15, 0.2) is 47.3 Å². The number of pyridine rings is 1. The third-order valence-corrected chi connectivity index (χ3v) is 2.68. The smallest absolute Gasteiger partial charge is 0.200 e. The lowest BCUT2D eigenvalue weighted by atomic mass is 10.0. The van der Waals surface area contributed by atoms with Gasteiger partial charge in [-0.25, -0.2) is 0 Å². The Labute approximate surface area is 112 Å². The highest BCUT2D eigenvalue weighted by Gasteiger charge is 2.19. The Kier molecular flexibility index (Phi) is 3.80. The summed E-state index contributed by atoms with van der Waals surface area (Å²) in [7, 11) is 3.75. The zero-order chi connectivity index (χ0) is 13.8. The van der Waals surface area contributed by atoms with Crippen LogP contribution >= 0.6 is 0 Å². The summed E-state index contributed by atoms with van der Waals surface area (Å²) >= 11 is 0. The van der Waals surface area contributed by atoms with Crippen LogP contribution in [0.5, 0.6) is 0 Å². The van der Waals surface area contributed by atoms with Crippen LogP contribution in [-0.4, -0.2) is 29.8 Å². The maximum absolute atomic E-state index is 12.6. The molecule has 0 saturated carbocycles. The molecule has 2 aromatic rings. The van der Waals surface area contributed by atoms with Gasteiger partial charge in [0.05, 0.1) is 23.1 Å². The topological polar surface area (TPSA) is 46.3 Å². The van der Waals surface area contributed by atoms with Gasteiger partial charge >= 0.3 is 0 Å². The van der Waals surface area contributed by atoms with Crippen LogP contribution in [0.25, 0.3) is 5.57 Å². The van der Waals surface area contributed by atoms with Crippen molar-refractivity contribution in [1.29, 1.82) is 0 Å². The largest absolute Gasteiger partial charge is 0.469 e. The van der Waals surface area contributed by atoms with Gasteiger partial charge in [-0.05, 0) is 25.1 Å². The zero-order valence-corrected chi connectivity index (χ0v) is 11.3. The van der Waals surface area contributed by atoms with Gasteiger partial charge in [-0.15, -0.1) is 0 Å². The second kappa shape index (κ2) is 5.52. The summed E-state index contributed by atoms with van der Waals surface area (Å²) in [4.78, 5) is 18.6. The summed E-state index contributed by atoms with van der Waals surface area (Å²) in [5, 5.41) is 0. The van der Waals surface area contributed by atoms with E-state index in [0.29, 0.717) is 22.6 Å². The molecule has 0 unspecified atom stereocenters. The molecule has 0 atom stereocenters. The van der Waals surface area contributed by atoms with Gasteiger partial charge in [-0.2, -0.15) is 0 Å². The Bertz CT molecular complexity index is 598. The van der Waals surface area contributed by atoms with Crippen LogP contribution in [0, 0.1) is 6.92 Å². The third kappa shape index (κ3) is 2.91. The van der Waals surface area contributed by atoms with Gasteiger partial charge in [0, 0.05) is 26.5 Å². The first-order chi connectivity index (χ1) is 9.09. The first-order valence-corrected chi connectivity index (χ1v) is 5.98. The lowest BCUT2D eigenvalue weighted by molar-refractivity contribution is 0.105. The molecule has 0 saturated heterocycles. The normalized spacial score (nSPS) is 11.4. The summed E-state index contributed by atoms with van der Waals surface area (Å²) in [5.74, 6) is 0.532. The molecule has 2 rings (SSSR count). The highest BCUT2D eigenvalue weighted by atomic mass is 16.3. The number of carbonyl (C=O) groups is 1. The van der Waals surface area contributed by atoms with E-state index >= 15 is 0 Å². The molecule has 98 valence electrons. The molecule has 0 bridgehead atoms. The van der Waals surface area contributed by atoms with E-state index in [2.05, 4.69) is 4.98 Å². The number of hydrogen-bond acceptors (Lipinski definition) is 4. The Balaban J connectivity index is 2.46. The number of carbonyl (C=O) groups excluding carboxylic acids is 1. The second-order valence-corrected chi connectivity index (χ2v) is 4.44. The molecule has 4 heteroatoms. The molecule has 0 aliphatic rings. The van der Waals surface area contributed by atoms with E-state index in [1.165, 1.54) is 6.26 Å². The SMILES string of the molecule is Cc1occc1C(=O)C(=CN(C)C)c1ccccn1. The molecular weight excluding hydrogens is 240 g/mol. The first-order valence-electron chi connectivity index (χ1n) is 5.98. The lowest BCUT2D eigenvalue weighted by Gasteiger charge is -2.10. The number of aryl methyl sites for hydroxylation is 1. The fraction of sp³-hybridized carbons (Fsp3) is 0.200. The highest BCUT2D eigenvalue weighted by molar-refractivity contribution is 6.28. The summed E-state index contributed by atoms with van der Waals surface area (Å²) in [5.41, 5.74) is 1.77. The predicted molar refractivity (Wildman–Crippen MR) is 73.7 cm³/mol. The standard InChI is InChI=1S/C15H16N2O2/c1-11-12(7-9-19-11)15(18)13(10-17(2)3)14-6-4-5-8-16-14/h4-10H,1-3H3. The maximum Gasteiger partial charge on any atom is 0.200 e. The van der Waals surface area contributed by atoms with Gasteiger partial charge in [0.2, 0.25) is 0 Å². The van der Waals surface area contributed by atoms with Crippen molar-refractivity contribution in [3.63, 3.8) is 0 Å². The number of Topliss-reactive ketones (excluding diaryl/α,β-unsaturated/α-hetero) is 1. The molecule has 0 N–H and O–H groups in total. The van der Waals surface area contributed by atoms with Gasteiger partial charge in [0.25, 0.3) is 0 Å². The Morgan fingerprint density at radius 1 is 1.32 bits per heavy atom. The summed E-state index contributed by atoms with van der Waals surface area (Å²) in [6.45, 7) is 1.78. The Morgan fingerprint density at radius 2 is 2.11 bits per heavy atom. The molecule has 0 aliphatic heterocycles. The van der Waals surface area contributed by atoms with E-state index in [9.17, 15) is 4.79 Å². The molecule has 0 fully saturated rings. The minimum absolute atomic E-state index is 0.0846. The Hall–Kier alpha value is -2.36. The van der Waals surface area contributed by atoms with Crippen LogP contribution in [0.4, 0.5) is 0 Å². The van der Waals surface area contributed by atoms with Gasteiger partial charge < -0.3 is 9.32 Å². The maximum atomic E-state index is 12.6. The number of furan rings is 1. The van der Waals surface area contributed by atoms with Gasteiger partial charge in [-0.3, -0.25) is 9.78 Å². The van der Waals surface area contributed by atoms with E-state index in [0.717, 1.165) is 0 Å². The van der Waals surface area contributed by atoms with Gasteiger partial charge in [0.15, 0.2) is 5.78 Å². The molecule has 4 nitrogen and oxygen atoms in total. The predicted octanol–water partition coefficient (Wildman–Crippen LogP) is 2.77. The van der Waals surface area contributed by atoms with Crippen molar-refractivity contribution in [1.82, 2.24) is 9.88 Å². The fourth-order valence-corrected chi connectivity index (χ4v) is 1.79. The average molecular weight is 256 g/mol. The second-order valence-electron chi connectivity index (χ2n) is 4.44. The monoisotopic (exact) mass is 256 g/mol. The minimum atomic E-state index is -0.0846. The van der Waals surface area contributed by atoms with Gasteiger partial charge in [0.1, 0.15) is 5.76 Å². The highest BCUT2D eigenvalue weighted by Crippen LogP contribution is 2.21. The molecule has 2 aromatic heterocycles. The van der Waals surface area contributed by atoms with Crippen molar-refractivity contribution in [3.8, 4) is 0 Å². The number of hydrogen-bond donors (Lipinski definition) is 0. The molecule has 0 amide bonds. The van der Waals surface area contributed by atoms with Crippen LogP contribution in [0.3, 0.4) is 0 Å². The summed E-state index contributed by atoms with van der Waals surface area (Å²) < 4.78 is 5.19. The van der Waals surface area contributed by atoms with Crippen molar-refractivity contribution in [2.45, 2.75) is 6.92 Å². The molecular formula is C15H16N2O2. The molecule has 19 heavy (non-hydrogen) atoms. The van der Waals surface area contributed by atoms with E-state index in [1.807, 2.05) is 37.2 Å². The number of allylic oxidation sites excluding steroid dienone is 1.